The van der Waals surface area contributed by atoms with Crippen LogP contribution in [0.25, 0.3) is 0 Å². The number of rotatable bonds is 4. The molecule has 1 aliphatic heterocycles. The maximum Gasteiger partial charge on any atom is 0.433 e. The number of morpholine rings is 1. The molecule has 0 radical (unpaired) electrons. The van der Waals surface area contributed by atoms with Gasteiger partial charge in [-0.1, -0.05) is 0 Å². The van der Waals surface area contributed by atoms with Crippen molar-refractivity contribution in [1.82, 2.24) is 14.7 Å². The highest BCUT2D eigenvalue weighted by molar-refractivity contribution is 5.95. The van der Waals surface area contributed by atoms with E-state index in [1.165, 1.54) is 11.8 Å². The highest BCUT2D eigenvalue weighted by atomic mass is 19.4. The number of carboxylic acid groups (broad SMARTS) is 1. The highest BCUT2D eigenvalue weighted by Crippen LogP contribution is 2.32. The Morgan fingerprint density at radius 3 is 2.74 bits per heavy atom. The van der Waals surface area contributed by atoms with Gasteiger partial charge in [0.25, 0.3) is 5.91 Å². The predicted octanol–water partition coefficient (Wildman–Crippen LogP) is 1.24. The normalized spacial score (nSPS) is 19.0. The molecule has 7 nitrogen and oxygen atoms in total. The van der Waals surface area contributed by atoms with Gasteiger partial charge in [-0.3, -0.25) is 14.3 Å². The molecule has 1 amide bonds. The molecule has 1 aromatic heterocycles. The number of amides is 1. The molecule has 1 unspecified atom stereocenters. The van der Waals surface area contributed by atoms with E-state index in [9.17, 15) is 22.8 Å². The summed E-state index contributed by atoms with van der Waals surface area (Å²) in [6.45, 7) is 1.58. The molecule has 1 aromatic rings. The zero-order chi connectivity index (χ0) is 17.2. The number of nitrogens with zero attached hydrogens (tertiary/aromatic N) is 3. The number of alkyl halides is 3. The van der Waals surface area contributed by atoms with Crippen LogP contribution < -0.4 is 0 Å². The summed E-state index contributed by atoms with van der Waals surface area (Å²) in [5.41, 5.74) is -1.62. The predicted molar refractivity (Wildman–Crippen MR) is 70.8 cm³/mol. The topological polar surface area (TPSA) is 84.7 Å². The minimum Gasteiger partial charge on any atom is -0.481 e. The minimum atomic E-state index is -4.70. The molecule has 1 aliphatic rings. The molecule has 1 fully saturated rings. The number of carbonyl (C=O) groups is 2. The van der Waals surface area contributed by atoms with Gasteiger partial charge in [0, 0.05) is 19.6 Å². The van der Waals surface area contributed by atoms with Crippen molar-refractivity contribution in [2.75, 3.05) is 19.7 Å². The SMILES string of the molecule is CCn1ncc(C(=O)N2CCOC(CC(=O)O)C2)c1C(F)(F)F. The monoisotopic (exact) mass is 335 g/mol. The number of ether oxygens (including phenoxy) is 1. The average Bonchev–Trinajstić information content (AvgIpc) is 2.90. The first-order valence-corrected chi connectivity index (χ1v) is 6.99. The summed E-state index contributed by atoms with van der Waals surface area (Å²) in [5, 5.41) is 12.4. The summed E-state index contributed by atoms with van der Waals surface area (Å²) < 4.78 is 45.5. The molecule has 0 aromatic carbocycles. The Morgan fingerprint density at radius 2 is 2.17 bits per heavy atom. The molecular formula is C13H16F3N3O4. The Morgan fingerprint density at radius 1 is 1.48 bits per heavy atom. The van der Waals surface area contributed by atoms with E-state index in [1.54, 1.807) is 0 Å². The van der Waals surface area contributed by atoms with Gasteiger partial charge in [-0.25, -0.2) is 0 Å². The van der Waals surface area contributed by atoms with Crippen LogP contribution in [-0.4, -0.2) is 57.5 Å². The Balaban J connectivity index is 2.23. The lowest BCUT2D eigenvalue weighted by molar-refractivity contribution is -0.144. The average molecular weight is 335 g/mol. The van der Waals surface area contributed by atoms with Crippen LogP contribution in [0.1, 0.15) is 29.4 Å². The van der Waals surface area contributed by atoms with Gasteiger partial charge in [0.15, 0.2) is 5.69 Å². The van der Waals surface area contributed by atoms with Gasteiger partial charge in [0.1, 0.15) is 0 Å². The van der Waals surface area contributed by atoms with Crippen molar-refractivity contribution < 1.29 is 32.6 Å². The Labute approximate surface area is 129 Å². The minimum absolute atomic E-state index is 0.0210. The summed E-state index contributed by atoms with van der Waals surface area (Å²) in [6, 6.07) is 0. The van der Waals surface area contributed by atoms with Crippen LogP contribution in [0.4, 0.5) is 13.2 Å². The lowest BCUT2D eigenvalue weighted by Crippen LogP contribution is -2.46. The maximum atomic E-state index is 13.2. The van der Waals surface area contributed by atoms with E-state index in [0.717, 1.165) is 10.9 Å². The standard InChI is InChI=1S/C13H16F3N3O4/c1-2-19-11(13(14,15)16)9(6-17-19)12(22)18-3-4-23-8(7-18)5-10(20)21/h6,8H,2-5,7H2,1H3,(H,20,21). The number of hydrogen-bond acceptors (Lipinski definition) is 4. The number of carboxylic acids is 1. The van der Waals surface area contributed by atoms with Crippen LogP contribution in [0.2, 0.25) is 0 Å². The van der Waals surface area contributed by atoms with E-state index in [1.807, 2.05) is 0 Å². The number of aryl methyl sites for hydroxylation is 1. The Kier molecular flexibility index (Phi) is 4.93. The van der Waals surface area contributed by atoms with E-state index in [0.29, 0.717) is 0 Å². The second-order valence-electron chi connectivity index (χ2n) is 5.06. The molecule has 2 heterocycles. The molecule has 10 heteroatoms. The number of hydrogen-bond donors (Lipinski definition) is 1. The Hall–Kier alpha value is -2.10. The Bertz CT molecular complexity index is 600. The smallest absolute Gasteiger partial charge is 0.433 e. The van der Waals surface area contributed by atoms with Crippen molar-refractivity contribution in [3.63, 3.8) is 0 Å². The quantitative estimate of drug-likeness (QED) is 0.895. The molecule has 23 heavy (non-hydrogen) atoms. The van der Waals surface area contributed by atoms with Crippen LogP contribution in [0.3, 0.4) is 0 Å². The molecule has 2 rings (SSSR count). The van der Waals surface area contributed by atoms with Gasteiger partial charge in [0.2, 0.25) is 0 Å². The zero-order valence-corrected chi connectivity index (χ0v) is 12.3. The molecule has 0 aliphatic carbocycles. The van der Waals surface area contributed by atoms with Gasteiger partial charge in [0.05, 0.1) is 30.9 Å². The molecule has 1 saturated heterocycles. The largest absolute Gasteiger partial charge is 0.481 e. The lowest BCUT2D eigenvalue weighted by atomic mass is 10.1. The molecular weight excluding hydrogens is 319 g/mol. The first-order valence-electron chi connectivity index (χ1n) is 6.99. The fourth-order valence-electron chi connectivity index (χ4n) is 2.47. The summed E-state index contributed by atoms with van der Waals surface area (Å²) in [6.07, 6.45) is -4.86. The van der Waals surface area contributed by atoms with Gasteiger partial charge in [-0.05, 0) is 6.92 Å². The molecule has 128 valence electrons. The van der Waals surface area contributed by atoms with Crippen LogP contribution >= 0.6 is 0 Å². The van der Waals surface area contributed by atoms with E-state index in [-0.39, 0.29) is 32.7 Å². The molecule has 1 atom stereocenters. The second kappa shape index (κ2) is 6.57. The van der Waals surface area contributed by atoms with Gasteiger partial charge in [-0.15, -0.1) is 0 Å². The molecule has 1 N–H and O–H groups in total. The summed E-state index contributed by atoms with van der Waals surface area (Å²) in [5.74, 6) is -1.92. The molecule has 0 spiro atoms. The second-order valence-corrected chi connectivity index (χ2v) is 5.06. The van der Waals surface area contributed by atoms with E-state index < -0.39 is 35.4 Å². The lowest BCUT2D eigenvalue weighted by Gasteiger charge is -2.32. The third-order valence-electron chi connectivity index (χ3n) is 3.47. The van der Waals surface area contributed by atoms with Crippen molar-refractivity contribution in [2.45, 2.75) is 32.2 Å². The zero-order valence-electron chi connectivity index (χ0n) is 12.3. The summed E-state index contributed by atoms with van der Waals surface area (Å²) in [7, 11) is 0. The van der Waals surface area contributed by atoms with Gasteiger partial charge >= 0.3 is 12.1 Å². The van der Waals surface area contributed by atoms with Crippen molar-refractivity contribution in [3.8, 4) is 0 Å². The number of aliphatic carboxylic acids is 1. The van der Waals surface area contributed by atoms with Crippen LogP contribution in [0.15, 0.2) is 6.20 Å². The van der Waals surface area contributed by atoms with Crippen molar-refractivity contribution in [1.29, 1.82) is 0 Å². The van der Waals surface area contributed by atoms with Crippen LogP contribution in [-0.2, 0) is 22.3 Å². The van der Waals surface area contributed by atoms with Crippen LogP contribution in [0, 0.1) is 0 Å². The number of halogens is 3. The van der Waals surface area contributed by atoms with Gasteiger partial charge < -0.3 is 14.7 Å². The third-order valence-corrected chi connectivity index (χ3v) is 3.47. The fourth-order valence-corrected chi connectivity index (χ4v) is 2.47. The van der Waals surface area contributed by atoms with Crippen molar-refractivity contribution in [3.05, 3.63) is 17.5 Å². The van der Waals surface area contributed by atoms with Crippen molar-refractivity contribution in [2.24, 2.45) is 0 Å². The fraction of sp³-hybridized carbons (Fsp3) is 0.615. The molecule has 0 saturated carbocycles. The third kappa shape index (κ3) is 3.81. The van der Waals surface area contributed by atoms with E-state index in [4.69, 9.17) is 9.84 Å². The summed E-state index contributed by atoms with van der Waals surface area (Å²) in [4.78, 5) is 24.3. The number of carbonyl (C=O) groups excluding carboxylic acids is 1. The highest BCUT2D eigenvalue weighted by Gasteiger charge is 2.41. The van der Waals surface area contributed by atoms with Crippen LogP contribution in [0.5, 0.6) is 0 Å². The molecule has 0 bridgehead atoms. The van der Waals surface area contributed by atoms with E-state index in [2.05, 4.69) is 5.10 Å². The van der Waals surface area contributed by atoms with Crippen molar-refractivity contribution >= 4 is 11.9 Å². The summed E-state index contributed by atoms with van der Waals surface area (Å²) >= 11 is 0. The van der Waals surface area contributed by atoms with Gasteiger partial charge in [-0.2, -0.15) is 18.3 Å². The first-order chi connectivity index (χ1) is 10.7. The number of aromatic nitrogens is 2. The maximum absolute atomic E-state index is 13.2. The first kappa shape index (κ1) is 17.3. The van der Waals surface area contributed by atoms with E-state index >= 15 is 0 Å².